The van der Waals surface area contributed by atoms with Crippen molar-refractivity contribution in [3.63, 3.8) is 0 Å². The van der Waals surface area contributed by atoms with Gasteiger partial charge in [-0.3, -0.25) is 9.98 Å². The molecule has 2 aromatic heterocycles. The molecule has 0 radical (unpaired) electrons. The van der Waals surface area contributed by atoms with Gasteiger partial charge in [-0.05, 0) is 18.2 Å². The third kappa shape index (κ3) is 1.45. The van der Waals surface area contributed by atoms with Crippen molar-refractivity contribution < 1.29 is 4.39 Å². The van der Waals surface area contributed by atoms with Gasteiger partial charge >= 0.3 is 0 Å². The maximum atomic E-state index is 13.2. The van der Waals surface area contributed by atoms with Crippen LogP contribution in [0.3, 0.4) is 0 Å². The molecule has 3 rings (SSSR count). The van der Waals surface area contributed by atoms with E-state index in [1.54, 1.807) is 12.1 Å². The number of aromatic amines is 1. The summed E-state index contributed by atoms with van der Waals surface area (Å²) in [5.41, 5.74) is 7.13. The van der Waals surface area contributed by atoms with Crippen LogP contribution >= 0.6 is 0 Å². The predicted molar refractivity (Wildman–Crippen MR) is 63.4 cm³/mol. The number of halogens is 1. The second-order valence-electron chi connectivity index (χ2n) is 3.74. The van der Waals surface area contributed by atoms with Crippen LogP contribution in [0.4, 0.5) is 10.3 Å². The van der Waals surface area contributed by atoms with Crippen LogP contribution in [0.2, 0.25) is 0 Å². The highest BCUT2D eigenvalue weighted by molar-refractivity contribution is 5.70. The summed E-state index contributed by atoms with van der Waals surface area (Å²) in [5.74, 6) is -0.311. The number of nitrogens with zero attached hydrogens (tertiary/aromatic N) is 3. The summed E-state index contributed by atoms with van der Waals surface area (Å²) in [6, 6.07) is 5.82. The van der Waals surface area contributed by atoms with E-state index >= 15 is 0 Å². The third-order valence-electron chi connectivity index (χ3n) is 2.60. The number of H-pyrrole nitrogens is 1. The van der Waals surface area contributed by atoms with Crippen LogP contribution in [0.5, 0.6) is 0 Å². The molecule has 0 atom stereocenters. The second-order valence-corrected chi connectivity index (χ2v) is 3.74. The van der Waals surface area contributed by atoms with Crippen molar-refractivity contribution in [2.24, 2.45) is 0 Å². The fraction of sp³-hybridized carbons (Fsp3) is 0. The summed E-state index contributed by atoms with van der Waals surface area (Å²) in [6.07, 6.45) is 1.44. The van der Waals surface area contributed by atoms with Crippen molar-refractivity contribution in [2.45, 2.75) is 0 Å². The normalized spacial score (nSPS) is 10.9. The minimum atomic E-state index is -0.400. The number of hydrogen-bond donors (Lipinski definition) is 3. The molecule has 0 fully saturated rings. The Labute approximate surface area is 100 Å². The molecule has 7 heteroatoms. The summed E-state index contributed by atoms with van der Waals surface area (Å²) in [7, 11) is 0. The minimum absolute atomic E-state index is 0.0839. The van der Waals surface area contributed by atoms with Crippen LogP contribution in [0.25, 0.3) is 16.9 Å². The SMILES string of the molecule is N=c1c2[nH]cnc2nc(N)n1-c1cccc(F)c1. The highest BCUT2D eigenvalue weighted by Crippen LogP contribution is 2.12. The number of fused-ring (bicyclic) bond motifs is 1. The van der Waals surface area contributed by atoms with Crippen molar-refractivity contribution in [2.75, 3.05) is 5.73 Å². The number of anilines is 1. The van der Waals surface area contributed by atoms with E-state index < -0.39 is 5.82 Å². The fourth-order valence-corrected chi connectivity index (χ4v) is 1.81. The highest BCUT2D eigenvalue weighted by Gasteiger charge is 2.10. The first-order chi connectivity index (χ1) is 8.66. The highest BCUT2D eigenvalue weighted by atomic mass is 19.1. The van der Waals surface area contributed by atoms with Gasteiger partial charge in [0.1, 0.15) is 11.3 Å². The first-order valence-electron chi connectivity index (χ1n) is 5.19. The zero-order valence-electron chi connectivity index (χ0n) is 9.18. The van der Waals surface area contributed by atoms with E-state index in [4.69, 9.17) is 11.1 Å². The molecule has 0 saturated carbocycles. The topological polar surface area (TPSA) is 96.4 Å². The van der Waals surface area contributed by atoms with E-state index in [1.165, 1.54) is 23.0 Å². The molecule has 0 bridgehead atoms. The van der Waals surface area contributed by atoms with Crippen LogP contribution < -0.4 is 11.2 Å². The standard InChI is InChI=1S/C11H9FN6/c12-6-2-1-3-7(4-6)18-9(13)8-10(16-5-15-8)17-11(18)14/h1-5,13H,(H2,14,17)(H,15,16). The van der Waals surface area contributed by atoms with Crippen LogP contribution in [-0.2, 0) is 0 Å². The number of nitrogen functional groups attached to an aromatic ring is 1. The van der Waals surface area contributed by atoms with Gasteiger partial charge in [0.15, 0.2) is 11.1 Å². The van der Waals surface area contributed by atoms with Crippen molar-refractivity contribution >= 4 is 17.1 Å². The van der Waals surface area contributed by atoms with E-state index in [-0.39, 0.29) is 11.4 Å². The average molecular weight is 244 g/mol. The molecule has 0 unspecified atom stereocenters. The second kappa shape index (κ2) is 3.66. The largest absolute Gasteiger partial charge is 0.369 e. The van der Waals surface area contributed by atoms with Crippen LogP contribution in [-0.4, -0.2) is 19.5 Å². The van der Waals surface area contributed by atoms with E-state index in [0.29, 0.717) is 16.9 Å². The van der Waals surface area contributed by atoms with Crippen molar-refractivity contribution in [3.8, 4) is 5.69 Å². The van der Waals surface area contributed by atoms with E-state index in [1.807, 2.05) is 0 Å². The number of imidazole rings is 1. The van der Waals surface area contributed by atoms with Gasteiger partial charge in [-0.25, -0.2) is 9.37 Å². The zero-order chi connectivity index (χ0) is 12.7. The number of nitrogens with one attached hydrogen (secondary N) is 2. The molecule has 1 aromatic carbocycles. The molecule has 3 aromatic rings. The van der Waals surface area contributed by atoms with E-state index in [9.17, 15) is 4.39 Å². The summed E-state index contributed by atoms with van der Waals surface area (Å²) < 4.78 is 14.6. The maximum absolute atomic E-state index is 13.2. The van der Waals surface area contributed by atoms with Gasteiger partial charge in [0.05, 0.1) is 12.0 Å². The lowest BCUT2D eigenvalue weighted by molar-refractivity contribution is 0.626. The first kappa shape index (κ1) is 10.5. The quantitative estimate of drug-likeness (QED) is 0.594. The van der Waals surface area contributed by atoms with Gasteiger partial charge < -0.3 is 10.7 Å². The number of hydrogen-bond acceptors (Lipinski definition) is 4. The first-order valence-corrected chi connectivity index (χ1v) is 5.19. The van der Waals surface area contributed by atoms with Gasteiger partial charge in [0, 0.05) is 0 Å². The Morgan fingerprint density at radius 1 is 1.39 bits per heavy atom. The minimum Gasteiger partial charge on any atom is -0.369 e. The average Bonchev–Trinajstić information content (AvgIpc) is 2.77. The summed E-state index contributed by atoms with van der Waals surface area (Å²) in [5, 5.41) is 8.05. The molecule has 0 aliphatic heterocycles. The van der Waals surface area contributed by atoms with Crippen LogP contribution in [0.15, 0.2) is 30.6 Å². The molecule has 18 heavy (non-hydrogen) atoms. The molecule has 90 valence electrons. The molecule has 2 heterocycles. The van der Waals surface area contributed by atoms with Crippen molar-refractivity contribution in [3.05, 3.63) is 41.9 Å². The van der Waals surface area contributed by atoms with Crippen LogP contribution in [0.1, 0.15) is 0 Å². The molecule has 0 aliphatic rings. The number of benzene rings is 1. The molecular weight excluding hydrogens is 235 g/mol. The number of aromatic nitrogens is 4. The Morgan fingerprint density at radius 2 is 2.22 bits per heavy atom. The lowest BCUT2D eigenvalue weighted by Gasteiger charge is -2.09. The molecular formula is C11H9FN6. The van der Waals surface area contributed by atoms with E-state index in [0.717, 1.165) is 0 Å². The van der Waals surface area contributed by atoms with Gasteiger partial charge in [0.2, 0.25) is 5.95 Å². The molecule has 6 nitrogen and oxygen atoms in total. The molecule has 0 saturated heterocycles. The van der Waals surface area contributed by atoms with Gasteiger partial charge in [-0.15, -0.1) is 0 Å². The Bertz CT molecular complexity index is 788. The van der Waals surface area contributed by atoms with Crippen molar-refractivity contribution in [1.82, 2.24) is 19.5 Å². The lowest BCUT2D eigenvalue weighted by atomic mass is 10.3. The zero-order valence-corrected chi connectivity index (χ0v) is 9.18. The van der Waals surface area contributed by atoms with Gasteiger partial charge in [-0.2, -0.15) is 4.98 Å². The Kier molecular flexibility index (Phi) is 2.12. The summed E-state index contributed by atoms with van der Waals surface area (Å²) in [6.45, 7) is 0. The third-order valence-corrected chi connectivity index (χ3v) is 2.60. The Hall–Kier alpha value is -2.70. The molecule has 4 N–H and O–H groups in total. The monoisotopic (exact) mass is 244 g/mol. The van der Waals surface area contributed by atoms with Gasteiger partial charge in [0.25, 0.3) is 0 Å². The summed E-state index contributed by atoms with van der Waals surface area (Å²) >= 11 is 0. The molecule has 0 aliphatic carbocycles. The smallest absolute Gasteiger partial charge is 0.208 e. The fourth-order valence-electron chi connectivity index (χ4n) is 1.81. The van der Waals surface area contributed by atoms with Crippen LogP contribution in [0, 0.1) is 11.2 Å². The predicted octanol–water partition coefficient (Wildman–Crippen LogP) is 0.949. The lowest BCUT2D eigenvalue weighted by Crippen LogP contribution is -2.23. The Morgan fingerprint density at radius 3 is 3.00 bits per heavy atom. The van der Waals surface area contributed by atoms with Gasteiger partial charge in [-0.1, -0.05) is 6.07 Å². The van der Waals surface area contributed by atoms with Crippen molar-refractivity contribution in [1.29, 1.82) is 5.41 Å². The Balaban J connectivity index is 2.38. The number of rotatable bonds is 1. The molecule has 0 amide bonds. The summed E-state index contributed by atoms with van der Waals surface area (Å²) in [4.78, 5) is 10.8. The maximum Gasteiger partial charge on any atom is 0.208 e. The van der Waals surface area contributed by atoms with E-state index in [2.05, 4.69) is 15.0 Å². The number of nitrogens with two attached hydrogens (primary N) is 1. The molecule has 0 spiro atoms.